The molecule has 1 fully saturated rings. The summed E-state index contributed by atoms with van der Waals surface area (Å²) in [6, 6.07) is -0.0713. The minimum absolute atomic E-state index is 0.0713. The lowest BCUT2D eigenvalue weighted by Crippen LogP contribution is -2.60. The van der Waals surface area contributed by atoms with Gasteiger partial charge in [-0.25, -0.2) is 0 Å². The van der Waals surface area contributed by atoms with Gasteiger partial charge in [0.1, 0.15) is 6.10 Å². The molecular weight excluding hydrogens is 254 g/mol. The van der Waals surface area contributed by atoms with E-state index < -0.39 is 18.3 Å². The molecule has 0 unspecified atom stereocenters. The fourth-order valence-electron chi connectivity index (χ4n) is 2.99. The predicted octanol–water partition coefficient (Wildman–Crippen LogP) is 1.91. The molecular formula is C16H33NO3. The second-order valence-corrected chi connectivity index (χ2v) is 6.26. The van der Waals surface area contributed by atoms with Crippen LogP contribution >= 0.6 is 0 Å². The van der Waals surface area contributed by atoms with Crippen LogP contribution in [-0.4, -0.2) is 57.7 Å². The van der Waals surface area contributed by atoms with Crippen LogP contribution < -0.4 is 0 Å². The van der Waals surface area contributed by atoms with Crippen molar-refractivity contribution in [3.8, 4) is 0 Å². The van der Waals surface area contributed by atoms with E-state index >= 15 is 0 Å². The largest absolute Gasteiger partial charge is 0.389 e. The standard InChI is InChI=1S/C16H33NO3/c1-3-4-5-6-7-8-9-10-11-17-12-14(18)16(20)15(19)13(17)2/h13-16,18-20H,3-12H2,1-2H3/t13-,14+,15-,16-/m1/s1. The van der Waals surface area contributed by atoms with Gasteiger partial charge in [0.2, 0.25) is 0 Å². The van der Waals surface area contributed by atoms with Crippen molar-refractivity contribution >= 4 is 0 Å². The Bertz CT molecular complexity index is 250. The number of β-amino-alcohol motifs (C(OH)–C–C–N with tert-alkyl or cyclic N) is 1. The molecule has 1 rings (SSSR count). The molecule has 120 valence electrons. The maximum atomic E-state index is 9.86. The molecule has 0 amide bonds. The number of unbranched alkanes of at least 4 members (excludes halogenated alkanes) is 7. The third-order valence-corrected chi connectivity index (χ3v) is 4.53. The lowest BCUT2D eigenvalue weighted by atomic mass is 9.94. The number of hydrogen-bond donors (Lipinski definition) is 3. The van der Waals surface area contributed by atoms with E-state index in [1.54, 1.807) is 0 Å². The van der Waals surface area contributed by atoms with E-state index in [0.29, 0.717) is 6.54 Å². The van der Waals surface area contributed by atoms with E-state index in [9.17, 15) is 15.3 Å². The zero-order valence-electron chi connectivity index (χ0n) is 13.2. The number of rotatable bonds is 9. The molecule has 0 radical (unpaired) electrons. The number of likely N-dealkylation sites (tertiary alicyclic amines) is 1. The van der Waals surface area contributed by atoms with Crippen LogP contribution in [0.4, 0.5) is 0 Å². The summed E-state index contributed by atoms with van der Waals surface area (Å²) in [5.41, 5.74) is 0. The molecule has 20 heavy (non-hydrogen) atoms. The predicted molar refractivity (Wildman–Crippen MR) is 81.7 cm³/mol. The molecule has 0 aromatic heterocycles. The molecule has 4 atom stereocenters. The number of hydrogen-bond acceptors (Lipinski definition) is 4. The van der Waals surface area contributed by atoms with E-state index in [1.807, 2.05) is 6.92 Å². The molecule has 4 nitrogen and oxygen atoms in total. The highest BCUT2D eigenvalue weighted by molar-refractivity contribution is 4.91. The Labute approximate surface area is 123 Å². The third-order valence-electron chi connectivity index (χ3n) is 4.53. The fourth-order valence-corrected chi connectivity index (χ4v) is 2.99. The number of piperidine rings is 1. The quantitative estimate of drug-likeness (QED) is 0.567. The van der Waals surface area contributed by atoms with Crippen molar-refractivity contribution in [2.24, 2.45) is 0 Å². The average molecular weight is 287 g/mol. The first-order chi connectivity index (χ1) is 9.57. The number of aliphatic hydroxyl groups excluding tert-OH is 3. The zero-order chi connectivity index (χ0) is 15.0. The van der Waals surface area contributed by atoms with Crippen molar-refractivity contribution in [1.29, 1.82) is 0 Å². The lowest BCUT2D eigenvalue weighted by Gasteiger charge is -2.42. The summed E-state index contributed by atoms with van der Waals surface area (Å²) < 4.78 is 0. The van der Waals surface area contributed by atoms with Gasteiger partial charge < -0.3 is 15.3 Å². The Morgan fingerprint density at radius 1 is 0.850 bits per heavy atom. The van der Waals surface area contributed by atoms with E-state index in [-0.39, 0.29) is 6.04 Å². The van der Waals surface area contributed by atoms with E-state index in [1.165, 1.54) is 44.9 Å². The molecule has 1 aliphatic heterocycles. The second kappa shape index (κ2) is 9.72. The van der Waals surface area contributed by atoms with Gasteiger partial charge in [0.05, 0.1) is 12.2 Å². The first kappa shape index (κ1) is 17.9. The highest BCUT2D eigenvalue weighted by Crippen LogP contribution is 2.19. The number of aliphatic hydroxyl groups is 3. The molecule has 0 spiro atoms. The third kappa shape index (κ3) is 5.68. The normalized spacial score (nSPS) is 31.6. The summed E-state index contributed by atoms with van der Waals surface area (Å²) in [6.07, 6.45) is 7.60. The summed E-state index contributed by atoms with van der Waals surface area (Å²) in [6.45, 7) is 5.52. The van der Waals surface area contributed by atoms with Crippen molar-refractivity contribution in [3.63, 3.8) is 0 Å². The molecule has 3 N–H and O–H groups in total. The van der Waals surface area contributed by atoms with Gasteiger partial charge in [0.25, 0.3) is 0 Å². The number of nitrogens with zero attached hydrogens (tertiary/aromatic N) is 1. The molecule has 0 saturated carbocycles. The van der Waals surface area contributed by atoms with Crippen molar-refractivity contribution in [2.75, 3.05) is 13.1 Å². The van der Waals surface area contributed by atoms with Crippen LogP contribution in [0, 0.1) is 0 Å². The minimum atomic E-state index is -1.00. The molecule has 0 aromatic carbocycles. The zero-order valence-corrected chi connectivity index (χ0v) is 13.2. The highest BCUT2D eigenvalue weighted by Gasteiger charge is 2.38. The summed E-state index contributed by atoms with van der Waals surface area (Å²) in [7, 11) is 0. The van der Waals surface area contributed by atoms with Gasteiger partial charge in [0.15, 0.2) is 0 Å². The van der Waals surface area contributed by atoms with Crippen LogP contribution in [0.25, 0.3) is 0 Å². The molecule has 4 heteroatoms. The highest BCUT2D eigenvalue weighted by atomic mass is 16.4. The van der Waals surface area contributed by atoms with Crippen molar-refractivity contribution < 1.29 is 15.3 Å². The van der Waals surface area contributed by atoms with Gasteiger partial charge in [-0.3, -0.25) is 4.90 Å². The molecule has 0 aliphatic carbocycles. The molecule has 1 aliphatic rings. The van der Waals surface area contributed by atoms with Gasteiger partial charge in [-0.15, -0.1) is 0 Å². The maximum absolute atomic E-state index is 9.86. The van der Waals surface area contributed by atoms with Crippen LogP contribution in [0.3, 0.4) is 0 Å². The van der Waals surface area contributed by atoms with E-state index in [4.69, 9.17) is 0 Å². The first-order valence-electron chi connectivity index (χ1n) is 8.36. The Morgan fingerprint density at radius 2 is 1.40 bits per heavy atom. The second-order valence-electron chi connectivity index (χ2n) is 6.26. The minimum Gasteiger partial charge on any atom is -0.389 e. The molecule has 1 saturated heterocycles. The summed E-state index contributed by atoms with van der Waals surface area (Å²) in [5, 5.41) is 29.2. The topological polar surface area (TPSA) is 63.9 Å². The lowest BCUT2D eigenvalue weighted by molar-refractivity contribution is -0.133. The Hall–Kier alpha value is -0.160. The summed E-state index contributed by atoms with van der Waals surface area (Å²) in [5.74, 6) is 0. The van der Waals surface area contributed by atoms with Gasteiger partial charge >= 0.3 is 0 Å². The van der Waals surface area contributed by atoms with Crippen molar-refractivity contribution in [2.45, 2.75) is 89.6 Å². The van der Waals surface area contributed by atoms with Crippen LogP contribution in [0.15, 0.2) is 0 Å². The van der Waals surface area contributed by atoms with E-state index in [2.05, 4.69) is 11.8 Å². The summed E-state index contributed by atoms with van der Waals surface area (Å²) >= 11 is 0. The Kier molecular flexibility index (Phi) is 8.69. The first-order valence-corrected chi connectivity index (χ1v) is 8.36. The van der Waals surface area contributed by atoms with Gasteiger partial charge in [-0.05, 0) is 19.9 Å². The van der Waals surface area contributed by atoms with Crippen LogP contribution in [0.1, 0.15) is 65.2 Å². The molecule has 0 bridgehead atoms. The Morgan fingerprint density at radius 3 is 2.00 bits per heavy atom. The van der Waals surface area contributed by atoms with Crippen molar-refractivity contribution in [1.82, 2.24) is 4.90 Å². The van der Waals surface area contributed by atoms with Gasteiger partial charge in [-0.1, -0.05) is 51.9 Å². The fraction of sp³-hybridized carbons (Fsp3) is 1.00. The van der Waals surface area contributed by atoms with Crippen LogP contribution in [0.2, 0.25) is 0 Å². The monoisotopic (exact) mass is 287 g/mol. The smallest absolute Gasteiger partial charge is 0.108 e. The van der Waals surface area contributed by atoms with Gasteiger partial charge in [-0.2, -0.15) is 0 Å². The van der Waals surface area contributed by atoms with Gasteiger partial charge in [0, 0.05) is 12.6 Å². The van der Waals surface area contributed by atoms with Crippen LogP contribution in [0.5, 0.6) is 0 Å². The van der Waals surface area contributed by atoms with E-state index in [0.717, 1.165) is 13.0 Å². The Balaban J connectivity index is 2.09. The summed E-state index contributed by atoms with van der Waals surface area (Å²) in [4.78, 5) is 2.10. The SMILES string of the molecule is CCCCCCCCCCN1C[C@H](O)[C@@H](O)[C@H](O)[C@H]1C. The van der Waals surface area contributed by atoms with Crippen LogP contribution in [-0.2, 0) is 0 Å². The molecule has 0 aromatic rings. The average Bonchev–Trinajstić information content (AvgIpc) is 2.44. The maximum Gasteiger partial charge on any atom is 0.108 e. The molecule has 1 heterocycles. The van der Waals surface area contributed by atoms with Crippen molar-refractivity contribution in [3.05, 3.63) is 0 Å².